The van der Waals surface area contributed by atoms with E-state index in [1.54, 1.807) is 6.33 Å². The molecule has 1 atom stereocenters. The van der Waals surface area contributed by atoms with Gasteiger partial charge in [-0.3, -0.25) is 0 Å². The Kier molecular flexibility index (Phi) is 3.25. The maximum Gasteiger partial charge on any atom is 0.0945 e. The van der Waals surface area contributed by atoms with Crippen molar-refractivity contribution in [3.05, 3.63) is 18.2 Å². The van der Waals surface area contributed by atoms with Crippen LogP contribution in [0.2, 0.25) is 0 Å². The molecule has 0 aromatic carbocycles. The minimum absolute atomic E-state index is 0.361. The first kappa shape index (κ1) is 9.22. The summed E-state index contributed by atoms with van der Waals surface area (Å²) in [7, 11) is 1.98. The Hall–Kier alpha value is -0.870. The van der Waals surface area contributed by atoms with E-state index in [2.05, 4.69) is 17.2 Å². The summed E-state index contributed by atoms with van der Waals surface area (Å²) in [4.78, 5) is 4.02. The zero-order valence-corrected chi connectivity index (χ0v) is 7.62. The lowest BCUT2D eigenvalue weighted by Crippen LogP contribution is -2.33. The molecule has 0 saturated carbocycles. The van der Waals surface area contributed by atoms with Crippen molar-refractivity contribution in [2.24, 2.45) is 12.8 Å². The molecule has 0 spiro atoms. The Morgan fingerprint density at radius 2 is 2.50 bits per heavy atom. The molecule has 0 radical (unpaired) electrons. The molecule has 0 saturated heterocycles. The fourth-order valence-electron chi connectivity index (χ4n) is 0.917. The molecule has 4 nitrogen and oxygen atoms in total. The molecule has 68 valence electrons. The van der Waals surface area contributed by atoms with Gasteiger partial charge in [-0.1, -0.05) is 0 Å². The zero-order chi connectivity index (χ0) is 8.97. The third kappa shape index (κ3) is 2.32. The SMILES string of the molecule is C[C@H](CN)NCc1cncn1C. The third-order valence-corrected chi connectivity index (χ3v) is 1.90. The summed E-state index contributed by atoms with van der Waals surface area (Å²) < 4.78 is 2.00. The molecule has 3 N–H and O–H groups in total. The average molecular weight is 168 g/mol. The number of nitrogens with one attached hydrogen (secondary N) is 1. The van der Waals surface area contributed by atoms with Crippen LogP contribution in [0.4, 0.5) is 0 Å². The van der Waals surface area contributed by atoms with Gasteiger partial charge in [0, 0.05) is 32.4 Å². The predicted molar refractivity (Wildman–Crippen MR) is 48.6 cm³/mol. The van der Waals surface area contributed by atoms with Crippen LogP contribution in [-0.2, 0) is 13.6 Å². The monoisotopic (exact) mass is 168 g/mol. The first-order valence-corrected chi connectivity index (χ1v) is 4.12. The van der Waals surface area contributed by atoms with Crippen molar-refractivity contribution in [2.45, 2.75) is 19.5 Å². The molecule has 1 aromatic rings. The lowest BCUT2D eigenvalue weighted by molar-refractivity contribution is 0.542. The van der Waals surface area contributed by atoms with E-state index in [-0.39, 0.29) is 0 Å². The van der Waals surface area contributed by atoms with Crippen LogP contribution in [0.5, 0.6) is 0 Å². The number of nitrogens with two attached hydrogens (primary N) is 1. The van der Waals surface area contributed by atoms with Crippen LogP contribution in [0, 0.1) is 0 Å². The van der Waals surface area contributed by atoms with Crippen molar-refractivity contribution in [2.75, 3.05) is 6.54 Å². The van der Waals surface area contributed by atoms with Crippen molar-refractivity contribution in [1.82, 2.24) is 14.9 Å². The highest BCUT2D eigenvalue weighted by Crippen LogP contribution is 1.95. The van der Waals surface area contributed by atoms with Gasteiger partial charge in [0.25, 0.3) is 0 Å². The van der Waals surface area contributed by atoms with E-state index in [0.29, 0.717) is 12.6 Å². The normalized spacial score (nSPS) is 13.2. The van der Waals surface area contributed by atoms with Crippen molar-refractivity contribution in [1.29, 1.82) is 0 Å². The van der Waals surface area contributed by atoms with Crippen molar-refractivity contribution in [3.8, 4) is 0 Å². The second-order valence-corrected chi connectivity index (χ2v) is 3.01. The van der Waals surface area contributed by atoms with Gasteiger partial charge in [-0.2, -0.15) is 0 Å². The number of aryl methyl sites for hydroxylation is 1. The third-order valence-electron chi connectivity index (χ3n) is 1.90. The molecule has 0 amide bonds. The second kappa shape index (κ2) is 4.23. The Morgan fingerprint density at radius 1 is 1.75 bits per heavy atom. The molecule has 1 heterocycles. The van der Waals surface area contributed by atoms with Crippen LogP contribution in [-0.4, -0.2) is 22.1 Å². The van der Waals surface area contributed by atoms with E-state index < -0.39 is 0 Å². The summed E-state index contributed by atoms with van der Waals surface area (Å²) in [6.45, 7) is 3.56. The number of imidazole rings is 1. The lowest BCUT2D eigenvalue weighted by Gasteiger charge is -2.10. The largest absolute Gasteiger partial charge is 0.337 e. The number of rotatable bonds is 4. The van der Waals surface area contributed by atoms with Crippen LogP contribution in [0.3, 0.4) is 0 Å². The minimum Gasteiger partial charge on any atom is -0.337 e. The van der Waals surface area contributed by atoms with Gasteiger partial charge in [0.05, 0.1) is 12.0 Å². The highest BCUT2D eigenvalue weighted by atomic mass is 15.0. The quantitative estimate of drug-likeness (QED) is 0.657. The Morgan fingerprint density at radius 3 is 3.00 bits per heavy atom. The van der Waals surface area contributed by atoms with Gasteiger partial charge in [0.15, 0.2) is 0 Å². The van der Waals surface area contributed by atoms with Crippen molar-refractivity contribution < 1.29 is 0 Å². The molecule has 4 heteroatoms. The molecular formula is C8H16N4. The summed E-state index contributed by atoms with van der Waals surface area (Å²) in [5.41, 5.74) is 6.64. The van der Waals surface area contributed by atoms with Gasteiger partial charge >= 0.3 is 0 Å². The molecule has 1 aromatic heterocycles. The van der Waals surface area contributed by atoms with Crippen LogP contribution < -0.4 is 11.1 Å². The maximum absolute atomic E-state index is 5.46. The van der Waals surface area contributed by atoms with Crippen molar-refractivity contribution in [3.63, 3.8) is 0 Å². The van der Waals surface area contributed by atoms with E-state index in [1.165, 1.54) is 5.69 Å². The lowest BCUT2D eigenvalue weighted by atomic mass is 10.3. The summed E-state index contributed by atoms with van der Waals surface area (Å²) >= 11 is 0. The highest BCUT2D eigenvalue weighted by Gasteiger charge is 2.00. The van der Waals surface area contributed by atoms with Crippen LogP contribution in [0.25, 0.3) is 0 Å². The Bertz CT molecular complexity index is 231. The maximum atomic E-state index is 5.46. The van der Waals surface area contributed by atoms with Crippen molar-refractivity contribution >= 4 is 0 Å². The standard InChI is InChI=1S/C8H16N4/c1-7(3-9)11-5-8-4-10-6-12(8)2/h4,6-7,11H,3,5,9H2,1-2H3/t7-/m1/s1. The topological polar surface area (TPSA) is 55.9 Å². The summed E-state index contributed by atoms with van der Waals surface area (Å²) in [6, 6.07) is 0.361. The highest BCUT2D eigenvalue weighted by molar-refractivity contribution is 4.96. The number of hydrogen-bond donors (Lipinski definition) is 2. The summed E-state index contributed by atoms with van der Waals surface area (Å²) in [5, 5.41) is 3.29. The fraction of sp³-hybridized carbons (Fsp3) is 0.625. The number of aromatic nitrogens is 2. The minimum atomic E-state index is 0.361. The molecule has 0 aliphatic heterocycles. The van der Waals surface area contributed by atoms with Gasteiger partial charge in [-0.25, -0.2) is 4.98 Å². The first-order valence-electron chi connectivity index (χ1n) is 4.12. The smallest absolute Gasteiger partial charge is 0.0945 e. The fourth-order valence-corrected chi connectivity index (χ4v) is 0.917. The molecule has 1 rings (SSSR count). The predicted octanol–water partition coefficient (Wildman–Crippen LogP) is -0.143. The van der Waals surface area contributed by atoms with Crippen LogP contribution >= 0.6 is 0 Å². The molecular weight excluding hydrogens is 152 g/mol. The van der Waals surface area contributed by atoms with Gasteiger partial charge in [0.1, 0.15) is 0 Å². The van der Waals surface area contributed by atoms with E-state index in [1.807, 2.05) is 17.8 Å². The van der Waals surface area contributed by atoms with Gasteiger partial charge in [-0.15, -0.1) is 0 Å². The Balaban J connectivity index is 2.38. The molecule has 12 heavy (non-hydrogen) atoms. The number of nitrogens with zero attached hydrogens (tertiary/aromatic N) is 2. The Labute approximate surface area is 72.8 Å². The molecule has 0 fully saturated rings. The van der Waals surface area contributed by atoms with Gasteiger partial charge in [-0.05, 0) is 6.92 Å². The van der Waals surface area contributed by atoms with E-state index >= 15 is 0 Å². The molecule has 0 unspecified atom stereocenters. The first-order chi connectivity index (χ1) is 5.74. The van der Waals surface area contributed by atoms with E-state index in [9.17, 15) is 0 Å². The van der Waals surface area contributed by atoms with E-state index in [0.717, 1.165) is 6.54 Å². The molecule has 0 aliphatic rings. The molecule has 0 bridgehead atoms. The van der Waals surface area contributed by atoms with Gasteiger partial charge in [0.2, 0.25) is 0 Å². The zero-order valence-electron chi connectivity index (χ0n) is 7.62. The van der Waals surface area contributed by atoms with Crippen LogP contribution in [0.1, 0.15) is 12.6 Å². The summed E-state index contributed by atoms with van der Waals surface area (Å²) in [5.74, 6) is 0. The second-order valence-electron chi connectivity index (χ2n) is 3.01. The average Bonchev–Trinajstić information content (AvgIpc) is 2.47. The van der Waals surface area contributed by atoms with E-state index in [4.69, 9.17) is 5.73 Å². The summed E-state index contributed by atoms with van der Waals surface area (Å²) in [6.07, 6.45) is 3.65. The number of hydrogen-bond acceptors (Lipinski definition) is 3. The van der Waals surface area contributed by atoms with Crippen LogP contribution in [0.15, 0.2) is 12.5 Å². The van der Waals surface area contributed by atoms with Gasteiger partial charge < -0.3 is 15.6 Å². The molecule has 0 aliphatic carbocycles.